The van der Waals surface area contributed by atoms with Gasteiger partial charge in [-0.15, -0.1) is 11.6 Å². The van der Waals surface area contributed by atoms with Gasteiger partial charge >= 0.3 is 5.97 Å². The predicted octanol–water partition coefficient (Wildman–Crippen LogP) is 1.20. The molecule has 0 spiro atoms. The lowest BCUT2D eigenvalue weighted by Gasteiger charge is -2.10. The molecule has 5 nitrogen and oxygen atoms in total. The van der Waals surface area contributed by atoms with E-state index in [4.69, 9.17) is 0 Å². The third-order valence-corrected chi connectivity index (χ3v) is 1.49. The molecule has 0 N–H and O–H groups in total. The molecule has 0 aromatic carbocycles. The summed E-state index contributed by atoms with van der Waals surface area (Å²) in [5.41, 5.74) is 0. The van der Waals surface area contributed by atoms with Crippen LogP contribution in [0.3, 0.4) is 0 Å². The maximum Gasteiger partial charge on any atom is 0.332 e. The van der Waals surface area contributed by atoms with E-state index in [9.17, 15) is 14.4 Å². The van der Waals surface area contributed by atoms with Crippen LogP contribution in [0.15, 0.2) is 12.7 Å². The smallest absolute Gasteiger partial charge is 0.330 e. The second-order valence-corrected chi connectivity index (χ2v) is 2.81. The molecule has 1 saturated heterocycles. The quantitative estimate of drug-likeness (QED) is 0.510. The van der Waals surface area contributed by atoms with Gasteiger partial charge in [0.25, 0.3) is 11.8 Å². The van der Waals surface area contributed by atoms with Gasteiger partial charge in [0.05, 0.1) is 0 Å². The molecule has 0 aliphatic carbocycles. The van der Waals surface area contributed by atoms with Gasteiger partial charge in [-0.1, -0.05) is 13.0 Å². The Balaban J connectivity index is 0.000000583. The third kappa shape index (κ3) is 4.39. The molecule has 0 bridgehead atoms. The Hall–Kier alpha value is -1.65. The van der Waals surface area contributed by atoms with E-state index < -0.39 is 17.8 Å². The zero-order valence-electron chi connectivity index (χ0n) is 8.99. The average molecular weight is 213 g/mol. The highest BCUT2D eigenvalue weighted by Gasteiger charge is 2.32. The number of rotatable bonds is 2. The minimum atomic E-state index is -0.571. The first-order chi connectivity index (χ1) is 7.06. The van der Waals surface area contributed by atoms with Crippen molar-refractivity contribution in [3.05, 3.63) is 12.7 Å². The lowest BCUT2D eigenvalue weighted by atomic mass is 10.4. The van der Waals surface area contributed by atoms with Crippen LogP contribution in [0, 0.1) is 0 Å². The van der Waals surface area contributed by atoms with Gasteiger partial charge in [0.15, 0.2) is 0 Å². The molecule has 5 heteroatoms. The van der Waals surface area contributed by atoms with Crippen LogP contribution in [-0.4, -0.2) is 22.8 Å². The Morgan fingerprint density at radius 2 is 1.87 bits per heavy atom. The van der Waals surface area contributed by atoms with Crippen molar-refractivity contribution in [2.24, 2.45) is 0 Å². The first-order valence-corrected chi connectivity index (χ1v) is 4.70. The molecule has 84 valence electrons. The Bertz CT molecular complexity index is 257. The van der Waals surface area contributed by atoms with Gasteiger partial charge < -0.3 is 4.84 Å². The van der Waals surface area contributed by atoms with Crippen LogP contribution < -0.4 is 0 Å². The monoisotopic (exact) mass is 213 g/mol. The summed E-state index contributed by atoms with van der Waals surface area (Å²) < 4.78 is 0. The summed E-state index contributed by atoms with van der Waals surface area (Å²) >= 11 is 0. The van der Waals surface area contributed by atoms with E-state index in [0.717, 1.165) is 0 Å². The highest BCUT2D eigenvalue weighted by Crippen LogP contribution is 2.12. The molecule has 2 amide bonds. The van der Waals surface area contributed by atoms with E-state index >= 15 is 0 Å². The molecule has 0 aromatic rings. The van der Waals surface area contributed by atoms with Crippen LogP contribution in [-0.2, 0) is 19.2 Å². The fourth-order valence-electron chi connectivity index (χ4n) is 0.824. The van der Waals surface area contributed by atoms with Crippen molar-refractivity contribution in [3.63, 3.8) is 0 Å². The van der Waals surface area contributed by atoms with Crippen molar-refractivity contribution in [3.8, 4) is 0 Å². The normalized spacial score (nSPS) is 14.4. The molecule has 1 fully saturated rings. The molecular formula is C10H15NO4. The predicted molar refractivity (Wildman–Crippen MR) is 53.3 cm³/mol. The Morgan fingerprint density at radius 3 is 2.20 bits per heavy atom. The number of hydroxylamine groups is 2. The van der Waals surface area contributed by atoms with E-state index in [1.54, 1.807) is 13.0 Å². The zero-order valence-corrected chi connectivity index (χ0v) is 8.99. The van der Waals surface area contributed by atoms with E-state index in [-0.39, 0.29) is 19.3 Å². The standard InChI is InChI=1S/C7H9NO4.C3H6/c1-2-7(11)12-8-5(9)3-4-6(8)10;1-3-2/h2-4H2,1H3;3H,1H2,2H3. The molecule has 1 aliphatic rings. The van der Waals surface area contributed by atoms with Gasteiger partial charge in [0.1, 0.15) is 0 Å². The van der Waals surface area contributed by atoms with Gasteiger partial charge in [-0.3, -0.25) is 9.59 Å². The summed E-state index contributed by atoms with van der Waals surface area (Å²) in [7, 11) is 0. The number of nitrogens with zero attached hydrogens (tertiary/aromatic N) is 1. The minimum Gasteiger partial charge on any atom is -0.330 e. The molecule has 1 rings (SSSR count). The molecule has 0 unspecified atom stereocenters. The summed E-state index contributed by atoms with van der Waals surface area (Å²) in [6.45, 7) is 6.84. The number of imide groups is 1. The van der Waals surface area contributed by atoms with Crippen molar-refractivity contribution >= 4 is 17.8 Å². The largest absolute Gasteiger partial charge is 0.332 e. The van der Waals surface area contributed by atoms with Gasteiger partial charge in [0.2, 0.25) is 0 Å². The summed E-state index contributed by atoms with van der Waals surface area (Å²) in [6, 6.07) is 0. The molecule has 0 aromatic heterocycles. The third-order valence-electron chi connectivity index (χ3n) is 1.49. The first kappa shape index (κ1) is 13.4. The van der Waals surface area contributed by atoms with E-state index in [1.165, 1.54) is 0 Å². The molecule has 0 saturated carbocycles. The minimum absolute atomic E-state index is 0.135. The lowest BCUT2D eigenvalue weighted by molar-refractivity contribution is -0.197. The molecule has 0 atom stereocenters. The second-order valence-electron chi connectivity index (χ2n) is 2.81. The van der Waals surface area contributed by atoms with E-state index in [2.05, 4.69) is 11.4 Å². The molecule has 1 heterocycles. The van der Waals surface area contributed by atoms with Gasteiger partial charge in [-0.2, -0.15) is 0 Å². The maximum absolute atomic E-state index is 10.9. The lowest BCUT2D eigenvalue weighted by Crippen LogP contribution is -2.31. The number of carbonyl (C=O) groups excluding carboxylic acids is 3. The summed E-state index contributed by atoms with van der Waals surface area (Å²) in [4.78, 5) is 36.9. The SMILES string of the molecule is C=CC.CCC(=O)ON1C(=O)CCC1=O. The molecule has 1 aliphatic heterocycles. The van der Waals surface area contributed by atoms with E-state index in [0.29, 0.717) is 5.06 Å². The topological polar surface area (TPSA) is 63.7 Å². The number of amides is 2. The van der Waals surface area contributed by atoms with Crippen molar-refractivity contribution in [2.75, 3.05) is 0 Å². The second kappa shape index (κ2) is 6.75. The highest BCUT2D eigenvalue weighted by molar-refractivity contribution is 6.01. The Morgan fingerprint density at radius 1 is 1.47 bits per heavy atom. The van der Waals surface area contributed by atoms with Crippen LogP contribution >= 0.6 is 0 Å². The summed E-state index contributed by atoms with van der Waals surface area (Å²) in [5.74, 6) is -1.46. The Kier molecular flexibility index (Phi) is 6.01. The van der Waals surface area contributed by atoms with Crippen LogP contribution in [0.4, 0.5) is 0 Å². The van der Waals surface area contributed by atoms with Gasteiger partial charge in [-0.05, 0) is 6.92 Å². The number of allylic oxidation sites excluding steroid dienone is 1. The fraction of sp³-hybridized carbons (Fsp3) is 0.500. The maximum atomic E-state index is 10.9. The first-order valence-electron chi connectivity index (χ1n) is 4.70. The Labute approximate surface area is 88.6 Å². The number of carbonyl (C=O) groups is 3. The molecule has 0 radical (unpaired) electrons. The van der Waals surface area contributed by atoms with Crippen LogP contribution in [0.2, 0.25) is 0 Å². The van der Waals surface area contributed by atoms with Gasteiger partial charge in [-0.25, -0.2) is 4.79 Å². The fourth-order valence-corrected chi connectivity index (χ4v) is 0.824. The van der Waals surface area contributed by atoms with Crippen molar-refractivity contribution < 1.29 is 19.2 Å². The van der Waals surface area contributed by atoms with E-state index in [1.807, 2.05) is 6.92 Å². The highest BCUT2D eigenvalue weighted by atomic mass is 16.7. The molecule has 15 heavy (non-hydrogen) atoms. The van der Waals surface area contributed by atoms with Crippen molar-refractivity contribution in [2.45, 2.75) is 33.1 Å². The van der Waals surface area contributed by atoms with Crippen LogP contribution in [0.1, 0.15) is 33.1 Å². The average Bonchev–Trinajstić information content (AvgIpc) is 2.50. The van der Waals surface area contributed by atoms with Crippen LogP contribution in [0.25, 0.3) is 0 Å². The zero-order chi connectivity index (χ0) is 11.8. The van der Waals surface area contributed by atoms with Crippen molar-refractivity contribution in [1.82, 2.24) is 5.06 Å². The number of hydrogen-bond acceptors (Lipinski definition) is 4. The summed E-state index contributed by atoms with van der Waals surface area (Å²) in [6.07, 6.45) is 2.17. The number of hydrogen-bond donors (Lipinski definition) is 0. The summed E-state index contributed by atoms with van der Waals surface area (Å²) in [5, 5.41) is 0.547. The molecular weight excluding hydrogens is 198 g/mol. The van der Waals surface area contributed by atoms with Gasteiger partial charge in [0, 0.05) is 19.3 Å². The van der Waals surface area contributed by atoms with Crippen molar-refractivity contribution in [1.29, 1.82) is 0 Å². The van der Waals surface area contributed by atoms with Crippen LogP contribution in [0.5, 0.6) is 0 Å².